The van der Waals surface area contributed by atoms with E-state index in [0.29, 0.717) is 19.3 Å². The van der Waals surface area contributed by atoms with Crippen molar-refractivity contribution in [3.8, 4) is 0 Å². The van der Waals surface area contributed by atoms with Crippen LogP contribution in [0.15, 0.2) is 122 Å². The summed E-state index contributed by atoms with van der Waals surface area (Å²) in [5.41, 5.74) is 0. The van der Waals surface area contributed by atoms with Crippen LogP contribution in [0.4, 0.5) is 0 Å². The van der Waals surface area contributed by atoms with Crippen molar-refractivity contribution >= 4 is 17.9 Å². The highest BCUT2D eigenvalue weighted by molar-refractivity contribution is 5.71. The maximum absolute atomic E-state index is 12.8. The smallest absolute Gasteiger partial charge is 0.306 e. The van der Waals surface area contributed by atoms with Crippen molar-refractivity contribution in [2.45, 2.75) is 207 Å². The molecule has 0 heterocycles. The molecule has 0 aliphatic carbocycles. The molecule has 0 aliphatic rings. The minimum Gasteiger partial charge on any atom is -0.462 e. The highest BCUT2D eigenvalue weighted by Gasteiger charge is 2.19. The molecule has 6 nitrogen and oxygen atoms in total. The zero-order valence-corrected chi connectivity index (χ0v) is 40.3. The largest absolute Gasteiger partial charge is 0.462 e. The van der Waals surface area contributed by atoms with E-state index in [-0.39, 0.29) is 37.5 Å². The molecule has 0 rings (SSSR count). The Morgan fingerprint density at radius 3 is 0.952 bits per heavy atom. The van der Waals surface area contributed by atoms with Crippen molar-refractivity contribution < 1.29 is 28.6 Å². The number of unbranched alkanes of at least 4 members (excludes halogenated alkanes) is 12. The molecule has 6 heteroatoms. The first kappa shape index (κ1) is 58.8. The van der Waals surface area contributed by atoms with Gasteiger partial charge in [0.15, 0.2) is 6.10 Å². The van der Waals surface area contributed by atoms with Gasteiger partial charge in [0.25, 0.3) is 0 Å². The molecule has 0 aromatic heterocycles. The first-order valence-electron chi connectivity index (χ1n) is 25.0. The second kappa shape index (κ2) is 50.5. The third-order valence-electron chi connectivity index (χ3n) is 9.94. The number of carbonyl (C=O) groups is 3. The molecule has 0 fully saturated rings. The van der Waals surface area contributed by atoms with Gasteiger partial charge in [-0.25, -0.2) is 0 Å². The van der Waals surface area contributed by atoms with E-state index in [9.17, 15) is 14.4 Å². The molecule has 0 amide bonds. The summed E-state index contributed by atoms with van der Waals surface area (Å²) in [6.07, 6.45) is 69.0. The molecular formula is C57H90O6. The Kier molecular flexibility index (Phi) is 47.1. The molecule has 0 aromatic rings. The number of carbonyl (C=O) groups excluding carboxylic acids is 3. The Hall–Kier alpha value is -4.19. The summed E-state index contributed by atoms with van der Waals surface area (Å²) in [5.74, 6) is -1.01. The van der Waals surface area contributed by atoms with Crippen LogP contribution in [0.25, 0.3) is 0 Å². The van der Waals surface area contributed by atoms with Crippen molar-refractivity contribution in [1.29, 1.82) is 0 Å². The number of rotatable bonds is 43. The fourth-order valence-corrected chi connectivity index (χ4v) is 6.29. The number of esters is 3. The van der Waals surface area contributed by atoms with Gasteiger partial charge in [-0.3, -0.25) is 14.4 Å². The van der Waals surface area contributed by atoms with Gasteiger partial charge in [0, 0.05) is 19.3 Å². The lowest BCUT2D eigenvalue weighted by atomic mass is 10.1. The normalized spacial score (nSPS) is 13.1. The van der Waals surface area contributed by atoms with Crippen LogP contribution < -0.4 is 0 Å². The lowest BCUT2D eigenvalue weighted by Crippen LogP contribution is -2.30. The third kappa shape index (κ3) is 48.7. The van der Waals surface area contributed by atoms with Crippen molar-refractivity contribution in [2.75, 3.05) is 13.2 Å². The number of hydrogen-bond donors (Lipinski definition) is 0. The van der Waals surface area contributed by atoms with Gasteiger partial charge >= 0.3 is 17.9 Å². The monoisotopic (exact) mass is 871 g/mol. The Morgan fingerprint density at radius 1 is 0.317 bits per heavy atom. The summed E-state index contributed by atoms with van der Waals surface area (Å²) >= 11 is 0. The Bertz CT molecular complexity index is 1370. The van der Waals surface area contributed by atoms with Crippen molar-refractivity contribution in [3.63, 3.8) is 0 Å². The van der Waals surface area contributed by atoms with Gasteiger partial charge in [0.1, 0.15) is 13.2 Å². The first-order chi connectivity index (χ1) is 31.0. The van der Waals surface area contributed by atoms with E-state index in [0.717, 1.165) is 141 Å². The number of ether oxygens (including phenoxy) is 3. The van der Waals surface area contributed by atoms with Crippen LogP contribution in [-0.2, 0) is 28.6 Å². The first-order valence-corrected chi connectivity index (χ1v) is 25.0. The standard InChI is InChI=1S/C57H90O6/c1-4-7-10-13-16-19-22-25-27-29-31-32-35-38-41-44-47-50-56(59)62-53-54(52-61-55(58)49-46-43-40-37-34-24-21-18-15-12-9-6-3)63-57(60)51-48-45-42-39-36-33-30-28-26-23-20-17-14-11-8-5-2/h7-12,16-21,25-28,31-32,38,41,54H,4-6,13-15,22-24,29-30,33-37,39-40,42-53H2,1-3H3/b10-7-,11-8-,12-9-,19-16-,20-17-,21-18-,27-25-,28-26-,32-31-,41-38-. The zero-order valence-electron chi connectivity index (χ0n) is 40.3. The molecular weight excluding hydrogens is 781 g/mol. The summed E-state index contributed by atoms with van der Waals surface area (Å²) in [7, 11) is 0. The Morgan fingerprint density at radius 2 is 0.587 bits per heavy atom. The zero-order chi connectivity index (χ0) is 45.8. The second-order valence-corrected chi connectivity index (χ2v) is 15.9. The molecule has 354 valence electrons. The molecule has 0 saturated carbocycles. The van der Waals surface area contributed by atoms with Gasteiger partial charge < -0.3 is 14.2 Å². The Labute approximate surface area is 386 Å². The molecule has 1 atom stereocenters. The second-order valence-electron chi connectivity index (χ2n) is 15.9. The van der Waals surface area contributed by atoms with Crippen LogP contribution in [0.2, 0.25) is 0 Å². The molecule has 0 aromatic carbocycles. The fraction of sp³-hybridized carbons (Fsp3) is 0.596. The maximum atomic E-state index is 12.8. The maximum Gasteiger partial charge on any atom is 0.306 e. The van der Waals surface area contributed by atoms with Crippen LogP contribution in [0.1, 0.15) is 201 Å². The van der Waals surface area contributed by atoms with Crippen LogP contribution in [0, 0.1) is 0 Å². The van der Waals surface area contributed by atoms with Crippen molar-refractivity contribution in [3.05, 3.63) is 122 Å². The summed E-state index contributed by atoms with van der Waals surface area (Å²) in [5, 5.41) is 0. The van der Waals surface area contributed by atoms with Crippen molar-refractivity contribution in [1.82, 2.24) is 0 Å². The summed E-state index contributed by atoms with van der Waals surface area (Å²) < 4.78 is 16.7. The molecule has 0 N–H and O–H groups in total. The fourth-order valence-electron chi connectivity index (χ4n) is 6.29. The summed E-state index contributed by atoms with van der Waals surface area (Å²) in [6.45, 7) is 6.21. The van der Waals surface area contributed by atoms with Crippen LogP contribution in [-0.4, -0.2) is 37.2 Å². The summed E-state index contributed by atoms with van der Waals surface area (Å²) in [6, 6.07) is 0. The highest BCUT2D eigenvalue weighted by atomic mass is 16.6. The van der Waals surface area contributed by atoms with E-state index < -0.39 is 6.10 Å². The van der Waals surface area contributed by atoms with E-state index in [4.69, 9.17) is 14.2 Å². The highest BCUT2D eigenvalue weighted by Crippen LogP contribution is 2.12. The predicted molar refractivity (Wildman–Crippen MR) is 269 cm³/mol. The molecule has 63 heavy (non-hydrogen) atoms. The van der Waals surface area contributed by atoms with Gasteiger partial charge in [0.2, 0.25) is 0 Å². The molecule has 0 radical (unpaired) electrons. The average Bonchev–Trinajstić information content (AvgIpc) is 3.28. The minimum absolute atomic E-state index is 0.112. The third-order valence-corrected chi connectivity index (χ3v) is 9.94. The molecule has 1 unspecified atom stereocenters. The SMILES string of the molecule is CC/C=C\C/C=C\C/C=C\C/C=C\C/C=C\CCCC(=O)OCC(COC(=O)CCCCCCC/C=C\C/C=C\CC)OC(=O)CCCCCCCC/C=C\C/C=C\C/C=C\CC. The van der Waals surface area contributed by atoms with E-state index in [2.05, 4.69) is 142 Å². The number of allylic oxidation sites excluding steroid dienone is 20. The molecule has 0 aliphatic heterocycles. The van der Waals surface area contributed by atoms with Crippen LogP contribution >= 0.6 is 0 Å². The number of hydrogen-bond acceptors (Lipinski definition) is 6. The predicted octanol–water partition coefficient (Wildman–Crippen LogP) is 16.5. The van der Waals surface area contributed by atoms with Gasteiger partial charge in [-0.1, -0.05) is 187 Å². The van der Waals surface area contributed by atoms with E-state index in [1.807, 2.05) is 0 Å². The minimum atomic E-state index is -0.816. The van der Waals surface area contributed by atoms with Crippen molar-refractivity contribution in [2.24, 2.45) is 0 Å². The van der Waals surface area contributed by atoms with Crippen LogP contribution in [0.5, 0.6) is 0 Å². The molecule has 0 spiro atoms. The molecule has 0 bridgehead atoms. The lowest BCUT2D eigenvalue weighted by Gasteiger charge is -2.18. The van der Waals surface area contributed by atoms with Gasteiger partial charge in [-0.2, -0.15) is 0 Å². The topological polar surface area (TPSA) is 78.9 Å². The Balaban J connectivity index is 4.53. The van der Waals surface area contributed by atoms with E-state index >= 15 is 0 Å². The lowest BCUT2D eigenvalue weighted by molar-refractivity contribution is -0.167. The summed E-state index contributed by atoms with van der Waals surface area (Å²) in [4.78, 5) is 37.9. The van der Waals surface area contributed by atoms with Crippen LogP contribution in [0.3, 0.4) is 0 Å². The molecule has 0 saturated heterocycles. The van der Waals surface area contributed by atoms with E-state index in [1.54, 1.807) is 0 Å². The van der Waals surface area contributed by atoms with Gasteiger partial charge in [-0.05, 0) is 116 Å². The average molecular weight is 871 g/mol. The van der Waals surface area contributed by atoms with Gasteiger partial charge in [0.05, 0.1) is 0 Å². The van der Waals surface area contributed by atoms with Gasteiger partial charge in [-0.15, -0.1) is 0 Å². The van der Waals surface area contributed by atoms with E-state index in [1.165, 1.54) is 12.8 Å². The quantitative estimate of drug-likeness (QED) is 0.0263.